The first-order valence-corrected chi connectivity index (χ1v) is 6.65. The number of amides is 1. The summed E-state index contributed by atoms with van der Waals surface area (Å²) in [5.74, 6) is -0.732. The highest BCUT2D eigenvalue weighted by Crippen LogP contribution is 2.46. The number of thioether (sulfide) groups is 1. The summed E-state index contributed by atoms with van der Waals surface area (Å²) in [4.78, 5) is 24.0. The van der Waals surface area contributed by atoms with Crippen LogP contribution in [0, 0.1) is 6.92 Å². The third-order valence-electron chi connectivity index (χ3n) is 3.02. The minimum Gasteiger partial charge on any atom is -0.476 e. The Kier molecular flexibility index (Phi) is 2.74. The minimum atomic E-state index is -1.13. The normalized spacial score (nSPS) is 21.2. The van der Waals surface area contributed by atoms with Crippen molar-refractivity contribution >= 4 is 23.6 Å². The summed E-state index contributed by atoms with van der Waals surface area (Å²) in [6.07, 6.45) is 0.363. The van der Waals surface area contributed by atoms with Crippen LogP contribution in [0.5, 0.6) is 5.75 Å². The Labute approximate surface area is 113 Å². The average molecular weight is 277 g/mol. The van der Waals surface area contributed by atoms with E-state index in [2.05, 4.69) is 0 Å². The number of fused-ring (bicyclic) bond motifs is 1. The molecule has 1 unspecified atom stereocenters. The molecular weight excluding hydrogens is 266 g/mol. The second-order valence-electron chi connectivity index (χ2n) is 4.40. The summed E-state index contributed by atoms with van der Waals surface area (Å²) in [6.45, 7) is 1.96. The molecule has 1 atom stereocenters. The van der Waals surface area contributed by atoms with Crippen LogP contribution in [-0.2, 0) is 9.59 Å². The van der Waals surface area contributed by atoms with Gasteiger partial charge in [0.2, 0.25) is 5.91 Å². The van der Waals surface area contributed by atoms with Gasteiger partial charge in [0, 0.05) is 0 Å². The largest absolute Gasteiger partial charge is 0.476 e. The van der Waals surface area contributed by atoms with Crippen molar-refractivity contribution < 1.29 is 19.4 Å². The third-order valence-corrected chi connectivity index (χ3v) is 4.16. The van der Waals surface area contributed by atoms with Gasteiger partial charge in [-0.25, -0.2) is 4.79 Å². The molecule has 19 heavy (non-hydrogen) atoms. The number of benzene rings is 1. The van der Waals surface area contributed by atoms with Crippen molar-refractivity contribution in [3.8, 4) is 5.75 Å². The van der Waals surface area contributed by atoms with Crippen molar-refractivity contribution in [3.63, 3.8) is 0 Å². The molecule has 2 aliphatic rings. The van der Waals surface area contributed by atoms with E-state index >= 15 is 0 Å². The van der Waals surface area contributed by atoms with Gasteiger partial charge in [0.1, 0.15) is 5.75 Å². The lowest BCUT2D eigenvalue weighted by molar-refractivity contribution is -0.145. The highest BCUT2D eigenvalue weighted by Gasteiger charge is 2.49. The van der Waals surface area contributed by atoms with E-state index in [0.29, 0.717) is 12.2 Å². The van der Waals surface area contributed by atoms with Crippen LogP contribution in [0.15, 0.2) is 35.1 Å². The molecule has 0 bridgehead atoms. The van der Waals surface area contributed by atoms with Gasteiger partial charge >= 0.3 is 5.97 Å². The van der Waals surface area contributed by atoms with Gasteiger partial charge < -0.3 is 9.84 Å². The zero-order chi connectivity index (χ0) is 13.6. The summed E-state index contributed by atoms with van der Waals surface area (Å²) in [7, 11) is 0. The quantitative estimate of drug-likeness (QED) is 0.855. The van der Waals surface area contributed by atoms with E-state index in [9.17, 15) is 14.7 Å². The van der Waals surface area contributed by atoms with Gasteiger partial charge in [-0.05, 0) is 19.1 Å². The summed E-state index contributed by atoms with van der Waals surface area (Å²) in [5.41, 5.74) is 1.05. The fourth-order valence-electron chi connectivity index (χ4n) is 2.00. The number of β-lactam (4-membered cyclic amide) rings is 1. The second-order valence-corrected chi connectivity index (χ2v) is 5.55. The lowest BCUT2D eigenvalue weighted by atomic mass is 10.2. The molecule has 1 fully saturated rings. The lowest BCUT2D eigenvalue weighted by Crippen LogP contribution is -2.48. The first kappa shape index (κ1) is 12.1. The maximum atomic E-state index is 11.4. The molecule has 1 amide bonds. The molecule has 3 rings (SSSR count). The molecule has 1 N–H and O–H groups in total. The molecule has 0 aliphatic carbocycles. The van der Waals surface area contributed by atoms with Crippen LogP contribution in [0.1, 0.15) is 12.0 Å². The van der Waals surface area contributed by atoms with Crippen molar-refractivity contribution in [1.82, 2.24) is 4.90 Å². The summed E-state index contributed by atoms with van der Waals surface area (Å²) >= 11 is 1.28. The standard InChI is InChI=1S/C13H11NO4S/c1-7-2-4-8(5-3-7)18-13-11(12(16)17)14-9(15)6-10(14)19-13/h2-5,10H,6H2,1H3,(H,16,17). The van der Waals surface area contributed by atoms with E-state index in [-0.39, 0.29) is 22.1 Å². The number of carboxylic acid groups (broad SMARTS) is 1. The second kappa shape index (κ2) is 4.31. The molecule has 6 heteroatoms. The predicted octanol–water partition coefficient (Wildman–Crippen LogP) is 1.93. The Hall–Kier alpha value is -1.95. The Morgan fingerprint density at radius 1 is 1.42 bits per heavy atom. The number of carbonyl (C=O) groups excluding carboxylic acids is 1. The molecule has 0 spiro atoms. The van der Waals surface area contributed by atoms with Crippen molar-refractivity contribution in [3.05, 3.63) is 40.6 Å². The van der Waals surface area contributed by atoms with Crippen LogP contribution in [0.25, 0.3) is 0 Å². The van der Waals surface area contributed by atoms with E-state index in [1.54, 1.807) is 12.1 Å². The number of aliphatic carboxylic acids is 1. The molecule has 1 aromatic rings. The lowest BCUT2D eigenvalue weighted by Gasteiger charge is -2.33. The Balaban J connectivity index is 1.89. The van der Waals surface area contributed by atoms with E-state index < -0.39 is 5.97 Å². The maximum Gasteiger partial charge on any atom is 0.357 e. The van der Waals surface area contributed by atoms with Gasteiger partial charge in [-0.3, -0.25) is 9.69 Å². The smallest absolute Gasteiger partial charge is 0.357 e. The van der Waals surface area contributed by atoms with Crippen LogP contribution in [0.3, 0.4) is 0 Å². The highest BCUT2D eigenvalue weighted by molar-refractivity contribution is 8.03. The van der Waals surface area contributed by atoms with Crippen LogP contribution < -0.4 is 4.74 Å². The maximum absolute atomic E-state index is 11.4. The average Bonchev–Trinajstić information content (AvgIpc) is 2.65. The number of aryl methyl sites for hydroxylation is 1. The number of carbonyl (C=O) groups is 2. The van der Waals surface area contributed by atoms with Crippen LogP contribution in [-0.4, -0.2) is 27.3 Å². The number of carboxylic acids is 1. The van der Waals surface area contributed by atoms with Crippen LogP contribution in [0.2, 0.25) is 0 Å². The Bertz CT molecular complexity index is 593. The monoisotopic (exact) mass is 277 g/mol. The molecule has 0 saturated carbocycles. The highest BCUT2D eigenvalue weighted by atomic mass is 32.2. The van der Waals surface area contributed by atoms with Crippen LogP contribution >= 0.6 is 11.8 Å². The third kappa shape index (κ3) is 1.98. The number of rotatable bonds is 3. The first-order chi connectivity index (χ1) is 9.06. The fourth-order valence-corrected chi connectivity index (χ4v) is 3.25. The van der Waals surface area contributed by atoms with Gasteiger partial charge in [-0.1, -0.05) is 29.5 Å². The zero-order valence-corrected chi connectivity index (χ0v) is 10.9. The minimum absolute atomic E-state index is 0.0492. The number of ether oxygens (including phenoxy) is 1. The summed E-state index contributed by atoms with van der Waals surface area (Å²) in [5, 5.41) is 9.36. The topological polar surface area (TPSA) is 66.8 Å². The van der Waals surface area contributed by atoms with Gasteiger partial charge in [-0.2, -0.15) is 0 Å². The SMILES string of the molecule is Cc1ccc(OC2=C(C(=O)O)N3C(=O)CC3S2)cc1. The van der Waals surface area contributed by atoms with Crippen molar-refractivity contribution in [1.29, 1.82) is 0 Å². The van der Waals surface area contributed by atoms with Gasteiger partial charge in [-0.15, -0.1) is 0 Å². The molecule has 2 heterocycles. The van der Waals surface area contributed by atoms with E-state index in [4.69, 9.17) is 4.74 Å². The molecule has 0 aromatic heterocycles. The zero-order valence-electron chi connectivity index (χ0n) is 10.1. The number of hydrogen-bond donors (Lipinski definition) is 1. The van der Waals surface area contributed by atoms with Crippen LogP contribution in [0.4, 0.5) is 0 Å². The van der Waals surface area contributed by atoms with Gasteiger partial charge in [0.15, 0.2) is 10.8 Å². The number of nitrogens with zero attached hydrogens (tertiary/aromatic N) is 1. The predicted molar refractivity (Wildman–Crippen MR) is 69.3 cm³/mol. The molecule has 2 aliphatic heterocycles. The molecule has 1 aromatic carbocycles. The van der Waals surface area contributed by atoms with Crippen molar-refractivity contribution in [2.75, 3.05) is 0 Å². The van der Waals surface area contributed by atoms with Gasteiger partial charge in [0.25, 0.3) is 0 Å². The van der Waals surface area contributed by atoms with E-state index in [1.807, 2.05) is 19.1 Å². The molecule has 98 valence electrons. The van der Waals surface area contributed by atoms with E-state index in [0.717, 1.165) is 5.56 Å². The first-order valence-electron chi connectivity index (χ1n) is 5.77. The van der Waals surface area contributed by atoms with Crippen molar-refractivity contribution in [2.45, 2.75) is 18.7 Å². The molecule has 1 saturated heterocycles. The molecular formula is C13H11NO4S. The Morgan fingerprint density at radius 3 is 2.68 bits per heavy atom. The van der Waals surface area contributed by atoms with E-state index in [1.165, 1.54) is 16.7 Å². The molecule has 5 nitrogen and oxygen atoms in total. The van der Waals surface area contributed by atoms with Gasteiger partial charge in [0.05, 0.1) is 11.8 Å². The summed E-state index contributed by atoms with van der Waals surface area (Å²) in [6, 6.07) is 7.32. The van der Waals surface area contributed by atoms with Crippen molar-refractivity contribution in [2.24, 2.45) is 0 Å². The fraction of sp³-hybridized carbons (Fsp3) is 0.231. The molecule has 0 radical (unpaired) electrons. The number of hydrogen-bond acceptors (Lipinski definition) is 4. The Morgan fingerprint density at radius 2 is 2.11 bits per heavy atom. The summed E-state index contributed by atoms with van der Waals surface area (Å²) < 4.78 is 5.60.